The molecule has 0 saturated carbocycles. The average Bonchev–Trinajstić information content (AvgIpc) is 2.53. The first kappa shape index (κ1) is 17.7. The quantitative estimate of drug-likeness (QED) is 0.700. The Bertz CT molecular complexity index is 328. The first-order valence-corrected chi connectivity index (χ1v) is 8.98. The zero-order chi connectivity index (χ0) is 15.8. The molecule has 2 fully saturated rings. The van der Waals surface area contributed by atoms with Crippen LogP contribution in [-0.4, -0.2) is 60.9 Å². The van der Waals surface area contributed by atoms with Crippen LogP contribution in [-0.2, 0) is 9.53 Å². The van der Waals surface area contributed by atoms with Crippen LogP contribution < -0.4 is 5.32 Å². The van der Waals surface area contributed by atoms with Crippen LogP contribution in [0.4, 0.5) is 0 Å². The van der Waals surface area contributed by atoms with Crippen molar-refractivity contribution in [3.8, 4) is 0 Å². The summed E-state index contributed by atoms with van der Waals surface area (Å²) in [5.41, 5.74) is 0. The number of rotatable bonds is 7. The van der Waals surface area contributed by atoms with Crippen molar-refractivity contribution in [2.75, 3.05) is 32.8 Å². The molecule has 2 atom stereocenters. The highest BCUT2D eigenvalue weighted by Crippen LogP contribution is 2.23. The molecule has 1 amide bonds. The van der Waals surface area contributed by atoms with E-state index in [0.717, 1.165) is 77.7 Å². The fraction of sp³-hybridized carbons (Fsp3) is 0.941. The molecule has 0 aromatic carbocycles. The fourth-order valence-corrected chi connectivity index (χ4v) is 3.44. The monoisotopic (exact) mass is 312 g/mol. The number of ether oxygens (including phenoxy) is 1. The number of nitrogens with one attached hydrogen (secondary N) is 1. The SMILES string of the molecule is CCCC1CC(C(=O)NCCCN2CCC(O)CC2)CCO1. The highest BCUT2D eigenvalue weighted by molar-refractivity contribution is 5.78. The number of piperidine rings is 1. The van der Waals surface area contributed by atoms with Gasteiger partial charge in [0.05, 0.1) is 12.2 Å². The first-order valence-electron chi connectivity index (χ1n) is 8.98. The van der Waals surface area contributed by atoms with Crippen molar-refractivity contribution in [2.24, 2.45) is 5.92 Å². The van der Waals surface area contributed by atoms with E-state index < -0.39 is 0 Å². The van der Waals surface area contributed by atoms with E-state index in [4.69, 9.17) is 4.74 Å². The molecular weight excluding hydrogens is 280 g/mol. The molecule has 2 unspecified atom stereocenters. The number of carbonyl (C=O) groups excluding carboxylic acids is 1. The van der Waals surface area contributed by atoms with Gasteiger partial charge in [-0.15, -0.1) is 0 Å². The number of carbonyl (C=O) groups is 1. The second kappa shape index (κ2) is 9.48. The molecule has 2 aliphatic heterocycles. The van der Waals surface area contributed by atoms with Gasteiger partial charge in [-0.1, -0.05) is 13.3 Å². The molecule has 2 aliphatic rings. The summed E-state index contributed by atoms with van der Waals surface area (Å²) in [5.74, 6) is 0.342. The van der Waals surface area contributed by atoms with Gasteiger partial charge in [-0.2, -0.15) is 0 Å². The summed E-state index contributed by atoms with van der Waals surface area (Å²) in [6.07, 6.45) is 6.83. The molecule has 0 aliphatic carbocycles. The Morgan fingerprint density at radius 2 is 2.09 bits per heavy atom. The molecule has 2 rings (SSSR count). The molecule has 5 heteroatoms. The van der Waals surface area contributed by atoms with Gasteiger partial charge in [0.25, 0.3) is 0 Å². The summed E-state index contributed by atoms with van der Waals surface area (Å²) < 4.78 is 5.71. The van der Waals surface area contributed by atoms with Gasteiger partial charge in [-0.3, -0.25) is 4.79 Å². The molecule has 0 bridgehead atoms. The first-order chi connectivity index (χ1) is 10.7. The Balaban J connectivity index is 1.57. The van der Waals surface area contributed by atoms with E-state index >= 15 is 0 Å². The van der Waals surface area contributed by atoms with Crippen LogP contribution in [0.5, 0.6) is 0 Å². The van der Waals surface area contributed by atoms with Crippen LogP contribution in [0.1, 0.15) is 51.9 Å². The van der Waals surface area contributed by atoms with Crippen LogP contribution >= 0.6 is 0 Å². The minimum atomic E-state index is -0.111. The van der Waals surface area contributed by atoms with Crippen molar-refractivity contribution in [1.29, 1.82) is 0 Å². The normalized spacial score (nSPS) is 27.7. The minimum absolute atomic E-state index is 0.111. The molecule has 2 saturated heterocycles. The maximum absolute atomic E-state index is 12.2. The van der Waals surface area contributed by atoms with Crippen LogP contribution in [0.2, 0.25) is 0 Å². The molecule has 0 radical (unpaired) electrons. The minimum Gasteiger partial charge on any atom is -0.393 e. The zero-order valence-corrected chi connectivity index (χ0v) is 13.9. The lowest BCUT2D eigenvalue weighted by Crippen LogP contribution is -2.40. The molecule has 22 heavy (non-hydrogen) atoms. The smallest absolute Gasteiger partial charge is 0.223 e. The van der Waals surface area contributed by atoms with Gasteiger partial charge in [0.1, 0.15) is 0 Å². The third-order valence-electron chi connectivity index (χ3n) is 4.86. The van der Waals surface area contributed by atoms with Crippen LogP contribution in [0.15, 0.2) is 0 Å². The number of hydrogen-bond acceptors (Lipinski definition) is 4. The Morgan fingerprint density at radius 3 is 2.82 bits per heavy atom. The maximum atomic E-state index is 12.2. The molecule has 0 aromatic rings. The summed E-state index contributed by atoms with van der Waals surface area (Å²) in [5, 5.41) is 12.6. The average molecular weight is 312 g/mol. The van der Waals surface area contributed by atoms with E-state index in [1.807, 2.05) is 0 Å². The second-order valence-electron chi connectivity index (χ2n) is 6.72. The fourth-order valence-electron chi connectivity index (χ4n) is 3.44. The predicted molar refractivity (Wildman–Crippen MR) is 86.7 cm³/mol. The predicted octanol–water partition coefficient (Wildman–Crippen LogP) is 1.54. The van der Waals surface area contributed by atoms with Gasteiger partial charge in [-0.25, -0.2) is 0 Å². The molecular formula is C17H32N2O3. The van der Waals surface area contributed by atoms with E-state index in [0.29, 0.717) is 0 Å². The summed E-state index contributed by atoms with van der Waals surface area (Å²) in [4.78, 5) is 14.6. The van der Waals surface area contributed by atoms with E-state index in [-0.39, 0.29) is 24.0 Å². The third kappa shape index (κ3) is 5.86. The largest absolute Gasteiger partial charge is 0.393 e. The third-order valence-corrected chi connectivity index (χ3v) is 4.86. The summed E-state index contributed by atoms with van der Waals surface area (Å²) >= 11 is 0. The Morgan fingerprint density at radius 1 is 1.32 bits per heavy atom. The highest BCUT2D eigenvalue weighted by Gasteiger charge is 2.27. The van der Waals surface area contributed by atoms with Crippen molar-refractivity contribution in [3.63, 3.8) is 0 Å². The number of likely N-dealkylation sites (tertiary alicyclic amines) is 1. The molecule has 0 aromatic heterocycles. The van der Waals surface area contributed by atoms with Crippen molar-refractivity contribution in [2.45, 2.75) is 64.1 Å². The van der Waals surface area contributed by atoms with E-state index in [9.17, 15) is 9.90 Å². The molecule has 2 N–H and O–H groups in total. The van der Waals surface area contributed by atoms with Gasteiger partial charge in [0.15, 0.2) is 0 Å². The van der Waals surface area contributed by atoms with Crippen LogP contribution in [0, 0.1) is 5.92 Å². The van der Waals surface area contributed by atoms with E-state index in [1.165, 1.54) is 0 Å². The van der Waals surface area contributed by atoms with Gasteiger partial charge in [0.2, 0.25) is 5.91 Å². The number of hydrogen-bond donors (Lipinski definition) is 2. The maximum Gasteiger partial charge on any atom is 0.223 e. The lowest BCUT2D eigenvalue weighted by molar-refractivity contribution is -0.130. The lowest BCUT2D eigenvalue weighted by atomic mass is 9.93. The van der Waals surface area contributed by atoms with Crippen molar-refractivity contribution in [1.82, 2.24) is 10.2 Å². The summed E-state index contributed by atoms with van der Waals surface area (Å²) in [6.45, 7) is 6.61. The van der Waals surface area contributed by atoms with Gasteiger partial charge < -0.3 is 20.1 Å². The Kier molecular flexibility index (Phi) is 7.63. The molecule has 0 spiro atoms. The highest BCUT2D eigenvalue weighted by atomic mass is 16.5. The summed E-state index contributed by atoms with van der Waals surface area (Å²) in [7, 11) is 0. The molecule has 2 heterocycles. The number of nitrogens with zero attached hydrogens (tertiary/aromatic N) is 1. The number of aliphatic hydroxyl groups excluding tert-OH is 1. The van der Waals surface area contributed by atoms with E-state index in [1.54, 1.807) is 0 Å². The van der Waals surface area contributed by atoms with Gasteiger partial charge >= 0.3 is 0 Å². The number of aliphatic hydroxyl groups is 1. The Hall–Kier alpha value is -0.650. The summed E-state index contributed by atoms with van der Waals surface area (Å²) in [6, 6.07) is 0. The molecule has 128 valence electrons. The van der Waals surface area contributed by atoms with Crippen molar-refractivity contribution < 1.29 is 14.6 Å². The topological polar surface area (TPSA) is 61.8 Å². The van der Waals surface area contributed by atoms with Crippen LogP contribution in [0.25, 0.3) is 0 Å². The lowest BCUT2D eigenvalue weighted by Gasteiger charge is -2.30. The Labute approximate surface area is 134 Å². The standard InChI is InChI=1S/C17H32N2O3/c1-2-4-16-13-14(7-12-22-16)17(21)18-8-3-9-19-10-5-15(20)6-11-19/h14-16,20H,2-13H2,1H3,(H,18,21). The van der Waals surface area contributed by atoms with Gasteiger partial charge in [-0.05, 0) is 45.1 Å². The van der Waals surface area contributed by atoms with Crippen LogP contribution in [0.3, 0.4) is 0 Å². The van der Waals surface area contributed by atoms with Crippen molar-refractivity contribution >= 4 is 5.91 Å². The van der Waals surface area contributed by atoms with Crippen molar-refractivity contribution in [3.05, 3.63) is 0 Å². The van der Waals surface area contributed by atoms with E-state index in [2.05, 4.69) is 17.1 Å². The second-order valence-corrected chi connectivity index (χ2v) is 6.72. The van der Waals surface area contributed by atoms with Gasteiger partial charge in [0, 0.05) is 32.2 Å². The molecule has 5 nitrogen and oxygen atoms in total. The zero-order valence-electron chi connectivity index (χ0n) is 13.9. The number of amides is 1.